The number of benzene rings is 1. The molecule has 5 rings (SSSR count). The van der Waals surface area contributed by atoms with Crippen molar-refractivity contribution in [2.24, 2.45) is 17.8 Å². The molecule has 1 saturated carbocycles. The van der Waals surface area contributed by atoms with Crippen LogP contribution in [-0.4, -0.2) is 88.1 Å². The molecule has 2 N–H and O–H groups in total. The fourth-order valence-corrected chi connectivity index (χ4v) is 8.56. The van der Waals surface area contributed by atoms with Gasteiger partial charge in [-0.15, -0.1) is 13.2 Å². The number of carbonyl (C=O) groups excluding carboxylic acids is 4. The van der Waals surface area contributed by atoms with Gasteiger partial charge in [0.15, 0.2) is 0 Å². The average molecular weight is 664 g/mol. The Morgan fingerprint density at radius 3 is 2.52 bits per heavy atom. The predicted molar refractivity (Wildman–Crippen MR) is 181 cm³/mol. The van der Waals surface area contributed by atoms with Gasteiger partial charge in [0.1, 0.15) is 17.7 Å². The molecule has 4 fully saturated rings. The number of likely N-dealkylation sites (tertiary alicyclic amines) is 1. The van der Waals surface area contributed by atoms with E-state index in [4.69, 9.17) is 9.47 Å². The number of carbonyl (C=O) groups is 4. The zero-order chi connectivity index (χ0) is 34.4. The summed E-state index contributed by atoms with van der Waals surface area (Å²) in [6, 6.07) is 7.65. The molecular formula is C38H53N3O7. The molecule has 1 spiro atoms. The number of rotatable bonds is 16. The lowest BCUT2D eigenvalue weighted by molar-refractivity contribution is -0.161. The number of amides is 3. The minimum absolute atomic E-state index is 0.0283. The van der Waals surface area contributed by atoms with Crippen molar-refractivity contribution in [1.29, 1.82) is 0 Å². The summed E-state index contributed by atoms with van der Waals surface area (Å²) in [5.41, 5.74) is -0.496. The van der Waals surface area contributed by atoms with Crippen molar-refractivity contribution in [1.82, 2.24) is 15.1 Å². The van der Waals surface area contributed by atoms with Crippen LogP contribution in [0.1, 0.15) is 89.7 Å². The summed E-state index contributed by atoms with van der Waals surface area (Å²) in [5, 5.41) is 13.6. The maximum atomic E-state index is 14.9. The molecule has 8 atom stereocenters. The third-order valence-electron chi connectivity index (χ3n) is 11.2. The third kappa shape index (κ3) is 6.83. The molecule has 262 valence electrons. The van der Waals surface area contributed by atoms with Crippen LogP contribution in [0.5, 0.6) is 0 Å². The van der Waals surface area contributed by atoms with Gasteiger partial charge in [-0.05, 0) is 43.6 Å². The molecular weight excluding hydrogens is 610 g/mol. The predicted octanol–water partition coefficient (Wildman–Crippen LogP) is 4.48. The summed E-state index contributed by atoms with van der Waals surface area (Å²) < 4.78 is 12.9. The van der Waals surface area contributed by atoms with Crippen LogP contribution in [0.25, 0.3) is 0 Å². The van der Waals surface area contributed by atoms with Crippen molar-refractivity contribution in [3.8, 4) is 0 Å². The number of aliphatic hydroxyl groups is 1. The van der Waals surface area contributed by atoms with E-state index in [2.05, 4.69) is 18.5 Å². The van der Waals surface area contributed by atoms with Gasteiger partial charge in [0.25, 0.3) is 0 Å². The number of hydrogen-bond acceptors (Lipinski definition) is 7. The minimum Gasteiger partial charge on any atom is -0.455 e. The van der Waals surface area contributed by atoms with E-state index in [9.17, 15) is 24.3 Å². The molecule has 0 unspecified atom stereocenters. The van der Waals surface area contributed by atoms with E-state index in [1.54, 1.807) is 17.1 Å². The molecule has 3 saturated heterocycles. The Hall–Kier alpha value is -3.50. The lowest BCUT2D eigenvalue weighted by Crippen LogP contribution is -2.61. The highest BCUT2D eigenvalue weighted by atomic mass is 16.6. The van der Waals surface area contributed by atoms with Crippen LogP contribution in [0.3, 0.4) is 0 Å². The Bertz CT molecular complexity index is 1330. The summed E-state index contributed by atoms with van der Waals surface area (Å²) in [4.78, 5) is 59.8. The minimum atomic E-state index is -1.21. The third-order valence-corrected chi connectivity index (χ3v) is 11.2. The molecule has 3 aliphatic heterocycles. The molecule has 10 heteroatoms. The maximum absolute atomic E-state index is 14.9. The second-order valence-electron chi connectivity index (χ2n) is 14.0. The van der Waals surface area contributed by atoms with Gasteiger partial charge in [-0.1, -0.05) is 82.0 Å². The van der Waals surface area contributed by atoms with Gasteiger partial charge in [-0.25, -0.2) is 0 Å². The van der Waals surface area contributed by atoms with Crippen molar-refractivity contribution >= 4 is 23.7 Å². The van der Waals surface area contributed by atoms with E-state index in [1.807, 2.05) is 49.1 Å². The van der Waals surface area contributed by atoms with Crippen LogP contribution < -0.4 is 5.32 Å². The van der Waals surface area contributed by atoms with Crippen LogP contribution in [0, 0.1) is 17.8 Å². The number of ether oxygens (including phenoxy) is 2. The summed E-state index contributed by atoms with van der Waals surface area (Å²) in [5.74, 6) is -3.24. The number of esters is 1. The molecule has 48 heavy (non-hydrogen) atoms. The first kappa shape index (κ1) is 35.8. The van der Waals surface area contributed by atoms with Crippen molar-refractivity contribution < 1.29 is 33.8 Å². The van der Waals surface area contributed by atoms with Crippen molar-refractivity contribution in [2.75, 3.05) is 19.7 Å². The summed E-state index contributed by atoms with van der Waals surface area (Å²) >= 11 is 0. The molecule has 4 aliphatic rings. The van der Waals surface area contributed by atoms with Crippen LogP contribution in [0.2, 0.25) is 0 Å². The van der Waals surface area contributed by atoms with Crippen molar-refractivity contribution in [3.05, 3.63) is 61.2 Å². The molecule has 1 aromatic rings. The van der Waals surface area contributed by atoms with Crippen molar-refractivity contribution in [3.63, 3.8) is 0 Å². The van der Waals surface area contributed by atoms with Gasteiger partial charge in [0, 0.05) is 19.0 Å². The maximum Gasteiger partial charge on any atom is 0.313 e. The van der Waals surface area contributed by atoms with Gasteiger partial charge < -0.3 is 29.7 Å². The second kappa shape index (κ2) is 15.8. The Morgan fingerprint density at radius 1 is 1.15 bits per heavy atom. The van der Waals surface area contributed by atoms with Gasteiger partial charge in [-0.2, -0.15) is 0 Å². The summed E-state index contributed by atoms with van der Waals surface area (Å²) in [6.07, 6.45) is 9.45. The second-order valence-corrected chi connectivity index (χ2v) is 14.0. The Labute approximate surface area is 284 Å². The number of fused-ring (bicyclic) bond motifs is 1. The van der Waals surface area contributed by atoms with Gasteiger partial charge in [0.2, 0.25) is 17.7 Å². The van der Waals surface area contributed by atoms with Gasteiger partial charge >= 0.3 is 5.97 Å². The Balaban J connectivity index is 1.48. The molecule has 0 radical (unpaired) electrons. The zero-order valence-corrected chi connectivity index (χ0v) is 28.6. The van der Waals surface area contributed by atoms with E-state index < -0.39 is 47.7 Å². The monoisotopic (exact) mass is 663 g/mol. The van der Waals surface area contributed by atoms with Crippen LogP contribution in [0.4, 0.5) is 0 Å². The van der Waals surface area contributed by atoms with Crippen molar-refractivity contribution in [2.45, 2.75) is 114 Å². The SMILES string of the molecule is C=CCCC(=O)NC[C@H](OC(=O)[C@@H]1[C@@H]2CC[C@]3(O2)[C@H](C(=O)N(CC=C)C2CCCCC2)N([C@@H](CO)[C@@H](C)CC)C(=O)[C@@H]13)c1ccccc1. The van der Waals surface area contributed by atoms with Gasteiger partial charge in [0.05, 0.1) is 37.1 Å². The fraction of sp³-hybridized carbons (Fsp3) is 0.632. The molecule has 1 aromatic carbocycles. The van der Waals surface area contributed by atoms with E-state index in [1.165, 1.54) is 0 Å². The first-order chi connectivity index (χ1) is 23.2. The number of hydrogen-bond donors (Lipinski definition) is 2. The number of aliphatic hydroxyl groups excluding tert-OH is 1. The number of nitrogens with zero attached hydrogens (tertiary/aromatic N) is 2. The summed E-state index contributed by atoms with van der Waals surface area (Å²) in [7, 11) is 0. The fourth-order valence-electron chi connectivity index (χ4n) is 8.56. The van der Waals surface area contributed by atoms with E-state index in [0.29, 0.717) is 37.8 Å². The molecule has 2 bridgehead atoms. The Morgan fingerprint density at radius 2 is 1.88 bits per heavy atom. The lowest BCUT2D eigenvalue weighted by atomic mass is 9.70. The first-order valence-corrected chi connectivity index (χ1v) is 17.9. The van der Waals surface area contributed by atoms with E-state index >= 15 is 0 Å². The molecule has 10 nitrogen and oxygen atoms in total. The van der Waals surface area contributed by atoms with Crippen LogP contribution in [-0.2, 0) is 28.7 Å². The highest BCUT2D eigenvalue weighted by Gasteiger charge is 2.76. The van der Waals surface area contributed by atoms with Crippen LogP contribution in [0.15, 0.2) is 55.6 Å². The molecule has 3 heterocycles. The Kier molecular flexibility index (Phi) is 11.8. The largest absolute Gasteiger partial charge is 0.455 e. The highest BCUT2D eigenvalue weighted by Crippen LogP contribution is 2.59. The van der Waals surface area contributed by atoms with Crippen LogP contribution >= 0.6 is 0 Å². The highest BCUT2D eigenvalue weighted by molar-refractivity contribution is 5.98. The number of allylic oxidation sites excluding steroid dienone is 1. The van der Waals surface area contributed by atoms with E-state index in [-0.39, 0.29) is 49.3 Å². The smallest absolute Gasteiger partial charge is 0.313 e. The first-order valence-electron chi connectivity index (χ1n) is 17.9. The standard InChI is InChI=1S/C38H53N3O7/c1-5-8-19-31(43)39-23-30(26-15-11-9-12-16-26)47-37(46)32-29-20-21-38(48-29)33(32)35(44)41(28(24-42)25(4)7-3)34(38)36(45)40(22-6-2)27-17-13-10-14-18-27/h5-6,9,11-12,15-16,25,27-30,32-34,42H,1-2,7-8,10,13-14,17-24H2,3-4H3,(H,39,43)/t25-,28-,29-,30-,32+,33+,34-,38+/m0/s1. The van der Waals surface area contributed by atoms with E-state index in [0.717, 1.165) is 32.1 Å². The number of nitrogens with one attached hydrogen (secondary N) is 1. The topological polar surface area (TPSA) is 125 Å². The lowest BCUT2D eigenvalue weighted by Gasteiger charge is -2.43. The molecule has 0 aromatic heterocycles. The van der Waals surface area contributed by atoms with Gasteiger partial charge in [-0.3, -0.25) is 19.2 Å². The normalized spacial score (nSPS) is 28.3. The summed E-state index contributed by atoms with van der Waals surface area (Å²) in [6.45, 7) is 11.7. The quantitative estimate of drug-likeness (QED) is 0.197. The zero-order valence-electron chi connectivity index (χ0n) is 28.6. The average Bonchev–Trinajstić information content (AvgIpc) is 3.76. The molecule has 1 aliphatic carbocycles. The molecule has 3 amide bonds.